The van der Waals surface area contributed by atoms with E-state index in [-0.39, 0.29) is 0 Å². The third-order valence-electron chi connectivity index (χ3n) is 4.25. The van der Waals surface area contributed by atoms with E-state index in [2.05, 4.69) is 27.2 Å². The molecule has 0 aliphatic carbocycles. The van der Waals surface area contributed by atoms with Gasteiger partial charge in [0.1, 0.15) is 5.75 Å². The van der Waals surface area contributed by atoms with E-state index in [9.17, 15) is 0 Å². The molecule has 0 saturated carbocycles. The van der Waals surface area contributed by atoms with Crippen molar-refractivity contribution in [3.8, 4) is 5.75 Å². The molecule has 3 rings (SSSR count). The Kier molecular flexibility index (Phi) is 4.01. The molecule has 1 aromatic carbocycles. The first-order valence-corrected chi connectivity index (χ1v) is 7.15. The highest BCUT2D eigenvalue weighted by Crippen LogP contribution is 2.15. The predicted octanol–water partition coefficient (Wildman–Crippen LogP) is 0.785. The summed E-state index contributed by atoms with van der Waals surface area (Å²) in [5.41, 5.74) is 1.37. The average molecular weight is 261 g/mol. The second-order valence-electron chi connectivity index (χ2n) is 5.47. The van der Waals surface area contributed by atoms with Gasteiger partial charge in [0.05, 0.1) is 7.11 Å². The van der Waals surface area contributed by atoms with Crippen LogP contribution in [0, 0.1) is 0 Å². The van der Waals surface area contributed by atoms with Crippen LogP contribution in [0.5, 0.6) is 5.75 Å². The smallest absolute Gasteiger partial charge is 0.118 e. The minimum atomic E-state index is 0.795. The zero-order chi connectivity index (χ0) is 13.1. The summed E-state index contributed by atoms with van der Waals surface area (Å²) in [5.74, 6) is 0.936. The number of hydrogen-bond acceptors (Lipinski definition) is 4. The number of nitrogens with zero attached hydrogens (tertiary/aromatic N) is 2. The molecule has 0 aromatic heterocycles. The van der Waals surface area contributed by atoms with E-state index in [1.165, 1.54) is 44.8 Å². The lowest BCUT2D eigenvalue weighted by molar-refractivity contribution is 0.0695. The molecule has 2 fully saturated rings. The third-order valence-corrected chi connectivity index (χ3v) is 4.25. The van der Waals surface area contributed by atoms with Crippen LogP contribution in [-0.4, -0.2) is 62.2 Å². The van der Waals surface area contributed by atoms with Gasteiger partial charge in [0.2, 0.25) is 0 Å². The minimum Gasteiger partial charge on any atom is -0.497 e. The highest BCUT2D eigenvalue weighted by molar-refractivity contribution is 5.27. The van der Waals surface area contributed by atoms with Crippen molar-refractivity contribution in [1.82, 2.24) is 15.1 Å². The molecule has 0 unspecified atom stereocenters. The van der Waals surface area contributed by atoms with Gasteiger partial charge in [-0.05, 0) is 17.7 Å². The van der Waals surface area contributed by atoms with E-state index in [4.69, 9.17) is 4.74 Å². The number of rotatable bonds is 4. The molecule has 2 heterocycles. The van der Waals surface area contributed by atoms with E-state index in [0.29, 0.717) is 0 Å². The summed E-state index contributed by atoms with van der Waals surface area (Å²) < 4.78 is 5.19. The summed E-state index contributed by atoms with van der Waals surface area (Å²) in [5, 5.41) is 3.35. The maximum absolute atomic E-state index is 5.19. The summed E-state index contributed by atoms with van der Waals surface area (Å²) in [7, 11) is 1.71. The van der Waals surface area contributed by atoms with Gasteiger partial charge in [-0.15, -0.1) is 0 Å². The van der Waals surface area contributed by atoms with Gasteiger partial charge in [-0.1, -0.05) is 12.1 Å². The summed E-state index contributed by atoms with van der Waals surface area (Å²) >= 11 is 0. The largest absolute Gasteiger partial charge is 0.497 e. The summed E-state index contributed by atoms with van der Waals surface area (Å²) in [6, 6.07) is 9.22. The van der Waals surface area contributed by atoms with Crippen molar-refractivity contribution in [2.45, 2.75) is 12.6 Å². The number of piperazine rings is 1. The Morgan fingerprint density at radius 3 is 2.32 bits per heavy atom. The van der Waals surface area contributed by atoms with Crippen LogP contribution in [0.1, 0.15) is 5.56 Å². The van der Waals surface area contributed by atoms with Gasteiger partial charge in [0.25, 0.3) is 0 Å². The molecule has 19 heavy (non-hydrogen) atoms. The van der Waals surface area contributed by atoms with Gasteiger partial charge in [-0.25, -0.2) is 0 Å². The van der Waals surface area contributed by atoms with Crippen LogP contribution in [0.2, 0.25) is 0 Å². The fraction of sp³-hybridized carbons (Fsp3) is 0.600. The van der Waals surface area contributed by atoms with E-state index in [1.54, 1.807) is 7.11 Å². The van der Waals surface area contributed by atoms with Gasteiger partial charge in [0.15, 0.2) is 0 Å². The molecule has 0 bridgehead atoms. The van der Waals surface area contributed by atoms with Crippen molar-refractivity contribution < 1.29 is 4.74 Å². The first kappa shape index (κ1) is 12.9. The topological polar surface area (TPSA) is 27.7 Å². The maximum Gasteiger partial charge on any atom is 0.118 e. The van der Waals surface area contributed by atoms with Crippen molar-refractivity contribution >= 4 is 0 Å². The van der Waals surface area contributed by atoms with Crippen molar-refractivity contribution in [3.63, 3.8) is 0 Å². The Bertz CT molecular complexity index is 394. The first-order valence-electron chi connectivity index (χ1n) is 7.15. The molecule has 2 aliphatic rings. The Morgan fingerprint density at radius 1 is 1.11 bits per heavy atom. The maximum atomic E-state index is 5.19. The molecule has 0 spiro atoms. The van der Waals surface area contributed by atoms with Crippen molar-refractivity contribution in [1.29, 1.82) is 0 Å². The molecule has 4 nitrogen and oxygen atoms in total. The number of ether oxygens (including phenoxy) is 1. The van der Waals surface area contributed by atoms with Gasteiger partial charge in [-0.2, -0.15) is 0 Å². The Balaban J connectivity index is 1.48. The van der Waals surface area contributed by atoms with Crippen molar-refractivity contribution in [2.75, 3.05) is 46.4 Å². The highest BCUT2D eigenvalue weighted by Gasteiger charge is 2.27. The molecular weight excluding hydrogens is 238 g/mol. The van der Waals surface area contributed by atoms with E-state index in [0.717, 1.165) is 18.3 Å². The molecule has 1 N–H and O–H groups in total. The summed E-state index contributed by atoms with van der Waals surface area (Å²) in [6.45, 7) is 8.20. The zero-order valence-electron chi connectivity index (χ0n) is 11.6. The lowest BCUT2D eigenvalue weighted by Gasteiger charge is -2.43. The van der Waals surface area contributed by atoms with Crippen LogP contribution in [0.15, 0.2) is 24.3 Å². The van der Waals surface area contributed by atoms with Crippen molar-refractivity contribution in [3.05, 3.63) is 29.8 Å². The molecular formula is C15H23N3O. The van der Waals surface area contributed by atoms with Crippen LogP contribution in [0.4, 0.5) is 0 Å². The highest BCUT2D eigenvalue weighted by atomic mass is 16.5. The van der Waals surface area contributed by atoms with E-state index < -0.39 is 0 Å². The molecule has 0 radical (unpaired) electrons. The van der Waals surface area contributed by atoms with E-state index in [1.807, 2.05) is 12.1 Å². The van der Waals surface area contributed by atoms with Gasteiger partial charge in [-0.3, -0.25) is 9.80 Å². The Labute approximate surface area is 115 Å². The normalized spacial score (nSPS) is 22.2. The summed E-state index contributed by atoms with van der Waals surface area (Å²) in [4.78, 5) is 5.17. The van der Waals surface area contributed by atoms with Crippen LogP contribution in [0.3, 0.4) is 0 Å². The average Bonchev–Trinajstić information content (AvgIpc) is 2.40. The van der Waals surface area contributed by atoms with Crippen LogP contribution in [0.25, 0.3) is 0 Å². The SMILES string of the molecule is COc1ccc(CN2CCN(C3CNC3)CC2)cc1. The molecule has 0 amide bonds. The fourth-order valence-electron chi connectivity index (χ4n) is 2.81. The molecule has 0 atom stereocenters. The fourth-order valence-corrected chi connectivity index (χ4v) is 2.81. The molecule has 2 aliphatic heterocycles. The predicted molar refractivity (Wildman–Crippen MR) is 76.5 cm³/mol. The number of hydrogen-bond donors (Lipinski definition) is 1. The molecule has 2 saturated heterocycles. The monoisotopic (exact) mass is 261 g/mol. The standard InChI is InChI=1S/C15H23N3O/c1-19-15-4-2-13(3-5-15)12-17-6-8-18(9-7-17)14-10-16-11-14/h2-5,14,16H,6-12H2,1H3. The molecule has 4 heteroatoms. The van der Waals surface area contributed by atoms with Gasteiger partial charge < -0.3 is 10.1 Å². The van der Waals surface area contributed by atoms with E-state index >= 15 is 0 Å². The Morgan fingerprint density at radius 2 is 1.79 bits per heavy atom. The lowest BCUT2D eigenvalue weighted by atomic mass is 10.1. The molecule has 104 valence electrons. The first-order chi connectivity index (χ1) is 9.35. The van der Waals surface area contributed by atoms with Crippen LogP contribution in [-0.2, 0) is 6.54 Å². The molecule has 1 aromatic rings. The minimum absolute atomic E-state index is 0.795. The lowest BCUT2D eigenvalue weighted by Crippen LogP contribution is -2.61. The second kappa shape index (κ2) is 5.90. The quantitative estimate of drug-likeness (QED) is 0.867. The second-order valence-corrected chi connectivity index (χ2v) is 5.47. The van der Waals surface area contributed by atoms with Crippen LogP contribution >= 0.6 is 0 Å². The summed E-state index contributed by atoms with van der Waals surface area (Å²) in [6.07, 6.45) is 0. The Hall–Kier alpha value is -1.10. The number of benzene rings is 1. The van der Waals surface area contributed by atoms with Crippen molar-refractivity contribution in [2.24, 2.45) is 0 Å². The number of methoxy groups -OCH3 is 1. The van der Waals surface area contributed by atoms with Gasteiger partial charge >= 0.3 is 0 Å². The number of nitrogens with one attached hydrogen (secondary N) is 1. The van der Waals surface area contributed by atoms with Gasteiger partial charge in [0, 0.05) is 51.9 Å². The zero-order valence-corrected chi connectivity index (χ0v) is 11.6. The van der Waals surface area contributed by atoms with Crippen LogP contribution < -0.4 is 10.1 Å². The third kappa shape index (κ3) is 3.08.